The van der Waals surface area contributed by atoms with Gasteiger partial charge in [0.05, 0.1) is 11.9 Å². The van der Waals surface area contributed by atoms with E-state index >= 15 is 0 Å². The summed E-state index contributed by atoms with van der Waals surface area (Å²) in [6.45, 7) is 5.45. The third kappa shape index (κ3) is 2.83. The summed E-state index contributed by atoms with van der Waals surface area (Å²) < 4.78 is 8.17. The first-order chi connectivity index (χ1) is 10.7. The molecule has 0 spiro atoms. The van der Waals surface area contributed by atoms with Crippen molar-refractivity contribution in [2.24, 2.45) is 5.73 Å². The SMILES string of the molecule is CC(C)n1c(COc2cccnc2)cc2cc(CN)ccc21. The number of nitrogens with two attached hydrogens (primary N) is 1. The molecule has 0 bridgehead atoms. The molecule has 4 nitrogen and oxygen atoms in total. The van der Waals surface area contributed by atoms with Crippen LogP contribution in [0.2, 0.25) is 0 Å². The number of benzene rings is 1. The van der Waals surface area contributed by atoms with E-state index < -0.39 is 0 Å². The predicted molar refractivity (Wildman–Crippen MR) is 88.8 cm³/mol. The molecule has 0 amide bonds. The average Bonchev–Trinajstić information content (AvgIpc) is 2.91. The molecule has 0 aliphatic heterocycles. The van der Waals surface area contributed by atoms with E-state index in [0.29, 0.717) is 19.2 Å². The number of pyridine rings is 1. The Balaban J connectivity index is 1.95. The van der Waals surface area contributed by atoms with Crippen LogP contribution in [0.15, 0.2) is 48.8 Å². The van der Waals surface area contributed by atoms with Crippen molar-refractivity contribution in [1.29, 1.82) is 0 Å². The van der Waals surface area contributed by atoms with Gasteiger partial charge in [0.25, 0.3) is 0 Å². The maximum atomic E-state index is 5.86. The summed E-state index contributed by atoms with van der Waals surface area (Å²) >= 11 is 0. The monoisotopic (exact) mass is 295 g/mol. The van der Waals surface area contributed by atoms with Gasteiger partial charge in [0.2, 0.25) is 0 Å². The van der Waals surface area contributed by atoms with Crippen molar-refractivity contribution in [3.8, 4) is 5.75 Å². The molecule has 0 saturated heterocycles. The first-order valence-corrected chi connectivity index (χ1v) is 7.54. The van der Waals surface area contributed by atoms with E-state index in [4.69, 9.17) is 10.5 Å². The minimum atomic E-state index is 0.369. The van der Waals surface area contributed by atoms with Crippen molar-refractivity contribution in [2.75, 3.05) is 0 Å². The average molecular weight is 295 g/mol. The molecule has 3 rings (SSSR count). The fraction of sp³-hybridized carbons (Fsp3) is 0.278. The lowest BCUT2D eigenvalue weighted by Crippen LogP contribution is -2.08. The standard InChI is InChI=1S/C18H21N3O/c1-13(2)21-16(12-22-17-4-3-7-20-11-17)9-15-8-14(10-19)5-6-18(15)21/h3-9,11,13H,10,12,19H2,1-2H3. The molecule has 22 heavy (non-hydrogen) atoms. The van der Waals surface area contributed by atoms with Gasteiger partial charge >= 0.3 is 0 Å². The molecule has 0 fully saturated rings. The molecule has 0 aliphatic carbocycles. The number of fused-ring (bicyclic) bond motifs is 1. The smallest absolute Gasteiger partial charge is 0.138 e. The molecule has 2 N–H and O–H groups in total. The van der Waals surface area contributed by atoms with Crippen LogP contribution in [0.5, 0.6) is 5.75 Å². The van der Waals surface area contributed by atoms with Crippen molar-refractivity contribution in [3.63, 3.8) is 0 Å². The van der Waals surface area contributed by atoms with Gasteiger partial charge in [-0.05, 0) is 49.7 Å². The molecule has 3 aromatic rings. The lowest BCUT2D eigenvalue weighted by atomic mass is 10.1. The van der Waals surface area contributed by atoms with Gasteiger partial charge in [-0.1, -0.05) is 6.07 Å². The summed E-state index contributed by atoms with van der Waals surface area (Å²) in [6, 6.07) is 12.7. The van der Waals surface area contributed by atoms with Gasteiger partial charge in [0, 0.05) is 29.7 Å². The largest absolute Gasteiger partial charge is 0.486 e. The van der Waals surface area contributed by atoms with E-state index in [-0.39, 0.29) is 0 Å². The fourth-order valence-corrected chi connectivity index (χ4v) is 2.78. The summed E-state index contributed by atoms with van der Waals surface area (Å²) in [7, 11) is 0. The van der Waals surface area contributed by atoms with Crippen LogP contribution in [0.1, 0.15) is 31.1 Å². The molecule has 0 unspecified atom stereocenters. The first-order valence-electron chi connectivity index (χ1n) is 7.54. The van der Waals surface area contributed by atoms with Crippen molar-refractivity contribution in [3.05, 3.63) is 60.0 Å². The van der Waals surface area contributed by atoms with Crippen LogP contribution in [0, 0.1) is 0 Å². The highest BCUT2D eigenvalue weighted by atomic mass is 16.5. The van der Waals surface area contributed by atoms with Crippen molar-refractivity contribution >= 4 is 10.9 Å². The second-order valence-corrected chi connectivity index (χ2v) is 5.67. The Kier molecular flexibility index (Phi) is 4.11. The van der Waals surface area contributed by atoms with Crippen LogP contribution in [-0.4, -0.2) is 9.55 Å². The summed E-state index contributed by atoms with van der Waals surface area (Å²) in [4.78, 5) is 4.07. The molecular weight excluding hydrogens is 274 g/mol. The first kappa shape index (κ1) is 14.6. The van der Waals surface area contributed by atoms with Gasteiger partial charge in [-0.25, -0.2) is 0 Å². The molecule has 0 atom stereocenters. The molecule has 1 aromatic carbocycles. The lowest BCUT2D eigenvalue weighted by molar-refractivity contribution is 0.292. The molecule has 114 valence electrons. The summed E-state index contributed by atoms with van der Waals surface area (Å²) in [5, 5.41) is 1.21. The van der Waals surface area contributed by atoms with Crippen LogP contribution in [0.3, 0.4) is 0 Å². The highest BCUT2D eigenvalue weighted by molar-refractivity contribution is 5.82. The molecule has 0 saturated carbocycles. The van der Waals surface area contributed by atoms with E-state index in [0.717, 1.165) is 17.0 Å². The number of nitrogens with zero attached hydrogens (tertiary/aromatic N) is 2. The number of rotatable bonds is 5. The van der Waals surface area contributed by atoms with E-state index in [1.165, 1.54) is 10.9 Å². The van der Waals surface area contributed by atoms with Gasteiger partial charge in [-0.15, -0.1) is 0 Å². The Bertz CT molecular complexity index is 763. The Hall–Kier alpha value is -2.33. The quantitative estimate of drug-likeness (QED) is 0.781. The molecule has 0 radical (unpaired) electrons. The van der Waals surface area contributed by atoms with Crippen LogP contribution in [-0.2, 0) is 13.2 Å². The van der Waals surface area contributed by atoms with Crippen molar-refractivity contribution < 1.29 is 4.74 Å². The van der Waals surface area contributed by atoms with E-state index in [1.54, 1.807) is 12.4 Å². The highest BCUT2D eigenvalue weighted by Crippen LogP contribution is 2.26. The predicted octanol–water partition coefficient (Wildman–Crippen LogP) is 3.65. The Morgan fingerprint density at radius 3 is 2.77 bits per heavy atom. The van der Waals surface area contributed by atoms with Gasteiger partial charge in [-0.2, -0.15) is 0 Å². The second-order valence-electron chi connectivity index (χ2n) is 5.67. The van der Waals surface area contributed by atoms with E-state index in [9.17, 15) is 0 Å². The minimum Gasteiger partial charge on any atom is -0.486 e. The topological polar surface area (TPSA) is 53.1 Å². The molecule has 2 aromatic heterocycles. The van der Waals surface area contributed by atoms with Crippen LogP contribution in [0.4, 0.5) is 0 Å². The molecule has 0 aliphatic rings. The third-order valence-corrected chi connectivity index (χ3v) is 3.76. The van der Waals surface area contributed by atoms with E-state index in [2.05, 4.69) is 47.7 Å². The zero-order chi connectivity index (χ0) is 15.5. The number of hydrogen-bond acceptors (Lipinski definition) is 3. The summed E-state index contributed by atoms with van der Waals surface area (Å²) in [6.07, 6.45) is 3.47. The Labute approximate surface area is 130 Å². The number of ether oxygens (including phenoxy) is 1. The summed E-state index contributed by atoms with van der Waals surface area (Å²) in [5.74, 6) is 0.783. The van der Waals surface area contributed by atoms with Crippen LogP contribution >= 0.6 is 0 Å². The number of aromatic nitrogens is 2. The van der Waals surface area contributed by atoms with Crippen LogP contribution in [0.25, 0.3) is 10.9 Å². The van der Waals surface area contributed by atoms with Gasteiger partial charge in [-0.3, -0.25) is 4.98 Å². The fourth-order valence-electron chi connectivity index (χ4n) is 2.78. The maximum absolute atomic E-state index is 5.86. The Morgan fingerprint density at radius 1 is 1.23 bits per heavy atom. The number of hydrogen-bond donors (Lipinski definition) is 1. The molecule has 4 heteroatoms. The van der Waals surface area contributed by atoms with Gasteiger partial charge < -0.3 is 15.0 Å². The zero-order valence-corrected chi connectivity index (χ0v) is 13.0. The maximum Gasteiger partial charge on any atom is 0.138 e. The third-order valence-electron chi connectivity index (χ3n) is 3.76. The Morgan fingerprint density at radius 2 is 2.09 bits per heavy atom. The van der Waals surface area contributed by atoms with Gasteiger partial charge in [0.1, 0.15) is 12.4 Å². The lowest BCUT2D eigenvalue weighted by Gasteiger charge is -2.15. The normalized spacial score (nSPS) is 11.3. The van der Waals surface area contributed by atoms with Crippen molar-refractivity contribution in [2.45, 2.75) is 33.0 Å². The minimum absolute atomic E-state index is 0.369. The zero-order valence-electron chi connectivity index (χ0n) is 13.0. The van der Waals surface area contributed by atoms with Crippen LogP contribution < -0.4 is 10.5 Å². The van der Waals surface area contributed by atoms with Gasteiger partial charge in [0.15, 0.2) is 0 Å². The van der Waals surface area contributed by atoms with Crippen molar-refractivity contribution in [1.82, 2.24) is 9.55 Å². The second kappa shape index (κ2) is 6.20. The summed E-state index contributed by atoms with van der Waals surface area (Å²) in [5.41, 5.74) is 9.26. The molecule has 2 heterocycles. The van der Waals surface area contributed by atoms with E-state index in [1.807, 2.05) is 12.1 Å². The highest BCUT2D eigenvalue weighted by Gasteiger charge is 2.12. The molecular formula is C18H21N3O.